The van der Waals surface area contributed by atoms with Gasteiger partial charge < -0.3 is 20.1 Å². The van der Waals surface area contributed by atoms with Crippen molar-refractivity contribution in [1.82, 2.24) is 4.90 Å². The zero-order chi connectivity index (χ0) is 15.7. The van der Waals surface area contributed by atoms with Gasteiger partial charge in [0.05, 0.1) is 18.3 Å². The number of carbonyl (C=O) groups excluding carboxylic acids is 1. The van der Waals surface area contributed by atoms with Gasteiger partial charge in [0.1, 0.15) is 5.54 Å². The van der Waals surface area contributed by atoms with Crippen LogP contribution in [0.2, 0.25) is 0 Å². The van der Waals surface area contributed by atoms with Gasteiger partial charge in [0, 0.05) is 43.4 Å². The lowest BCUT2D eigenvalue weighted by molar-refractivity contribution is -0.179. The van der Waals surface area contributed by atoms with Crippen molar-refractivity contribution in [2.24, 2.45) is 23.0 Å². The summed E-state index contributed by atoms with van der Waals surface area (Å²) in [6, 6.07) is 0. The number of fused-ring (bicyclic) bond motifs is 5. The van der Waals surface area contributed by atoms with Crippen molar-refractivity contribution in [2.75, 3.05) is 19.7 Å². The quantitative estimate of drug-likeness (QED) is 0.849. The minimum Gasteiger partial charge on any atom is -0.378 e. The number of likely N-dealkylation sites (tertiary alicyclic amines) is 1. The van der Waals surface area contributed by atoms with Crippen LogP contribution < -0.4 is 5.73 Å². The number of nitrogens with two attached hydrogens (primary N) is 1. The van der Waals surface area contributed by atoms with Gasteiger partial charge in [-0.3, -0.25) is 4.79 Å². The van der Waals surface area contributed by atoms with E-state index in [9.17, 15) is 4.79 Å². The van der Waals surface area contributed by atoms with Crippen LogP contribution in [0.4, 0.5) is 0 Å². The molecule has 3 heterocycles. The van der Waals surface area contributed by atoms with Crippen molar-refractivity contribution in [3.8, 4) is 0 Å². The van der Waals surface area contributed by atoms with Crippen LogP contribution in [0.5, 0.6) is 0 Å². The van der Waals surface area contributed by atoms with Gasteiger partial charge in [0.2, 0.25) is 5.91 Å². The van der Waals surface area contributed by atoms with Gasteiger partial charge in [0.15, 0.2) is 0 Å². The van der Waals surface area contributed by atoms with Crippen LogP contribution in [0.3, 0.4) is 0 Å². The van der Waals surface area contributed by atoms with Crippen LogP contribution in [0.1, 0.15) is 40.0 Å². The van der Waals surface area contributed by atoms with Gasteiger partial charge in [-0.1, -0.05) is 13.8 Å². The number of ether oxygens (including phenoxy) is 2. The molecule has 5 nitrogen and oxygen atoms in total. The fraction of sp³-hybridized carbons (Fsp3) is 0.941. The van der Waals surface area contributed by atoms with E-state index in [1.54, 1.807) is 0 Å². The molecule has 6 unspecified atom stereocenters. The van der Waals surface area contributed by atoms with E-state index in [1.165, 1.54) is 12.8 Å². The Balaban J connectivity index is 1.47. The fourth-order valence-electron chi connectivity index (χ4n) is 5.21. The molecule has 5 heteroatoms. The summed E-state index contributed by atoms with van der Waals surface area (Å²) in [5.74, 6) is 1.21. The first-order chi connectivity index (χ1) is 10.4. The minimum absolute atomic E-state index is 0.0908. The van der Waals surface area contributed by atoms with E-state index >= 15 is 0 Å². The van der Waals surface area contributed by atoms with Crippen LogP contribution in [-0.4, -0.2) is 54.4 Å². The van der Waals surface area contributed by atoms with Crippen molar-refractivity contribution in [3.63, 3.8) is 0 Å². The zero-order valence-electron chi connectivity index (χ0n) is 13.9. The maximum Gasteiger partial charge on any atom is 0.243 e. The van der Waals surface area contributed by atoms with Crippen LogP contribution in [0.25, 0.3) is 0 Å². The molecular formula is C17H28N2O3. The summed E-state index contributed by atoms with van der Waals surface area (Å²) in [5, 5.41) is 0. The monoisotopic (exact) mass is 308 g/mol. The van der Waals surface area contributed by atoms with Gasteiger partial charge >= 0.3 is 0 Å². The molecule has 0 radical (unpaired) electrons. The first kappa shape index (κ1) is 14.9. The highest BCUT2D eigenvalue weighted by Crippen LogP contribution is 2.52. The summed E-state index contributed by atoms with van der Waals surface area (Å²) in [5.41, 5.74) is 5.49. The molecule has 0 aromatic rings. The predicted molar refractivity (Wildman–Crippen MR) is 82.2 cm³/mol. The van der Waals surface area contributed by atoms with Crippen molar-refractivity contribution in [1.29, 1.82) is 0 Å². The summed E-state index contributed by atoms with van der Waals surface area (Å²) >= 11 is 0. The second-order valence-electron chi connectivity index (χ2n) is 8.17. The molecule has 6 atom stereocenters. The van der Waals surface area contributed by atoms with E-state index in [0.717, 1.165) is 13.1 Å². The van der Waals surface area contributed by atoms with Crippen LogP contribution in [0, 0.1) is 17.3 Å². The fourth-order valence-corrected chi connectivity index (χ4v) is 5.21. The molecule has 2 N–H and O–H groups in total. The van der Waals surface area contributed by atoms with Gasteiger partial charge in [-0.25, -0.2) is 0 Å². The zero-order valence-corrected chi connectivity index (χ0v) is 13.9. The number of carbonyl (C=O) groups is 1. The molecule has 124 valence electrons. The molecule has 0 aromatic heterocycles. The molecule has 22 heavy (non-hydrogen) atoms. The van der Waals surface area contributed by atoms with Crippen LogP contribution >= 0.6 is 0 Å². The maximum absolute atomic E-state index is 13.1. The number of hydrogen-bond donors (Lipinski definition) is 1. The Bertz CT molecular complexity index is 476. The molecule has 2 bridgehead atoms. The third-order valence-corrected chi connectivity index (χ3v) is 6.95. The molecule has 3 aliphatic heterocycles. The van der Waals surface area contributed by atoms with E-state index in [2.05, 4.69) is 13.8 Å². The summed E-state index contributed by atoms with van der Waals surface area (Å²) in [4.78, 5) is 15.1. The van der Waals surface area contributed by atoms with Crippen molar-refractivity contribution in [2.45, 2.75) is 63.9 Å². The molecular weight excluding hydrogens is 280 g/mol. The standard InChI is InChI=1S/C17H28N2O3/c1-4-21-14-7-17(18,16(14,2)3)15(20)19-8-10-11(9-19)13-6-5-12(10)22-13/h10-14H,4-9,18H2,1-3H3. The van der Waals surface area contributed by atoms with E-state index in [-0.39, 0.29) is 17.4 Å². The Labute approximate surface area is 132 Å². The van der Waals surface area contributed by atoms with Crippen molar-refractivity contribution < 1.29 is 14.3 Å². The number of amides is 1. The smallest absolute Gasteiger partial charge is 0.243 e. The highest BCUT2D eigenvalue weighted by atomic mass is 16.5. The van der Waals surface area contributed by atoms with E-state index < -0.39 is 5.54 Å². The van der Waals surface area contributed by atoms with E-state index in [4.69, 9.17) is 15.2 Å². The Morgan fingerprint density at radius 1 is 1.27 bits per heavy atom. The Morgan fingerprint density at radius 2 is 1.86 bits per heavy atom. The first-order valence-corrected chi connectivity index (χ1v) is 8.74. The summed E-state index contributed by atoms with van der Waals surface area (Å²) < 4.78 is 11.7. The lowest BCUT2D eigenvalue weighted by Gasteiger charge is -2.58. The summed E-state index contributed by atoms with van der Waals surface area (Å²) in [6.07, 6.45) is 3.83. The lowest BCUT2D eigenvalue weighted by atomic mass is 9.54. The highest BCUT2D eigenvalue weighted by molar-refractivity contribution is 5.89. The second-order valence-corrected chi connectivity index (χ2v) is 8.17. The maximum atomic E-state index is 13.1. The third kappa shape index (κ3) is 1.73. The van der Waals surface area contributed by atoms with E-state index in [1.807, 2.05) is 11.8 Å². The number of hydrogen-bond acceptors (Lipinski definition) is 4. The van der Waals surface area contributed by atoms with Gasteiger partial charge in [0.25, 0.3) is 0 Å². The molecule has 1 saturated carbocycles. The molecule has 3 saturated heterocycles. The molecule has 4 aliphatic rings. The normalized spacial score (nSPS) is 48.4. The van der Waals surface area contributed by atoms with Crippen molar-refractivity contribution >= 4 is 5.91 Å². The van der Waals surface area contributed by atoms with Gasteiger partial charge in [-0.2, -0.15) is 0 Å². The van der Waals surface area contributed by atoms with E-state index in [0.29, 0.717) is 37.1 Å². The predicted octanol–water partition coefficient (Wildman–Crippen LogP) is 1.15. The molecule has 1 amide bonds. The Kier molecular flexibility index (Phi) is 3.17. The Hall–Kier alpha value is -0.650. The topological polar surface area (TPSA) is 64.8 Å². The number of rotatable bonds is 3. The second kappa shape index (κ2) is 4.68. The Morgan fingerprint density at radius 3 is 2.36 bits per heavy atom. The summed E-state index contributed by atoms with van der Waals surface area (Å²) in [7, 11) is 0. The van der Waals surface area contributed by atoms with Gasteiger partial charge in [-0.05, 0) is 19.8 Å². The lowest BCUT2D eigenvalue weighted by Crippen LogP contribution is -2.76. The molecule has 4 rings (SSSR count). The average Bonchev–Trinajstić information content (AvgIpc) is 3.18. The SMILES string of the molecule is CCOC1CC(N)(C(=O)N2CC3C4CCC(O4)C3C2)C1(C)C. The molecule has 1 aliphatic carbocycles. The highest BCUT2D eigenvalue weighted by Gasteiger charge is 2.65. The van der Waals surface area contributed by atoms with Crippen molar-refractivity contribution in [3.05, 3.63) is 0 Å². The molecule has 4 fully saturated rings. The average molecular weight is 308 g/mol. The summed E-state index contributed by atoms with van der Waals surface area (Å²) in [6.45, 7) is 8.47. The minimum atomic E-state index is -0.772. The van der Waals surface area contributed by atoms with Crippen LogP contribution in [0.15, 0.2) is 0 Å². The van der Waals surface area contributed by atoms with Gasteiger partial charge in [-0.15, -0.1) is 0 Å². The largest absolute Gasteiger partial charge is 0.378 e. The third-order valence-electron chi connectivity index (χ3n) is 6.95. The molecule has 0 spiro atoms. The number of nitrogens with zero attached hydrogens (tertiary/aromatic N) is 1. The first-order valence-electron chi connectivity index (χ1n) is 8.74. The van der Waals surface area contributed by atoms with Crippen LogP contribution in [-0.2, 0) is 14.3 Å². The molecule has 0 aromatic carbocycles.